The minimum Gasteiger partial charge on any atom is -0.478 e. The van der Waals surface area contributed by atoms with Crippen LogP contribution in [0.2, 0.25) is 0 Å². The summed E-state index contributed by atoms with van der Waals surface area (Å²) in [6.07, 6.45) is 6.56. The molecule has 2 N–H and O–H groups in total. The maximum absolute atomic E-state index is 12.2. The summed E-state index contributed by atoms with van der Waals surface area (Å²) in [7, 11) is 0. The lowest BCUT2D eigenvalue weighted by Gasteiger charge is -2.30. The summed E-state index contributed by atoms with van der Waals surface area (Å²) in [6, 6.07) is 5.04. The van der Waals surface area contributed by atoms with E-state index < -0.39 is 5.97 Å². The monoisotopic (exact) mass is 272 g/mol. The third kappa shape index (κ3) is 2.81. The first-order valence-corrected chi connectivity index (χ1v) is 6.45. The van der Waals surface area contributed by atoms with Crippen LogP contribution in [0.15, 0.2) is 18.2 Å². The van der Waals surface area contributed by atoms with Crippen molar-refractivity contribution in [2.75, 3.05) is 24.5 Å². The van der Waals surface area contributed by atoms with Gasteiger partial charge in [-0.2, -0.15) is 0 Å². The van der Waals surface area contributed by atoms with E-state index in [2.05, 4.69) is 11.2 Å². The molecule has 1 heterocycles. The normalized spacial score (nSPS) is 13.4. The van der Waals surface area contributed by atoms with E-state index >= 15 is 0 Å². The number of carboxylic acids is 1. The molecular formula is C15H16N2O3. The van der Waals surface area contributed by atoms with Gasteiger partial charge < -0.3 is 10.0 Å². The molecule has 0 aliphatic carbocycles. The summed E-state index contributed by atoms with van der Waals surface area (Å²) in [4.78, 5) is 25.0. The number of nitrogens with one attached hydrogen (secondary N) is 1. The average Bonchev–Trinajstić information content (AvgIpc) is 2.46. The summed E-state index contributed by atoms with van der Waals surface area (Å²) in [6.45, 7) is 1.09. The second-order valence-electron chi connectivity index (χ2n) is 4.57. The Labute approximate surface area is 117 Å². The third-order valence-electron chi connectivity index (χ3n) is 3.29. The number of rotatable bonds is 4. The number of carbonyl (C=O) groups is 2. The number of fused-ring (bicyclic) bond motifs is 1. The zero-order valence-electron chi connectivity index (χ0n) is 11.1. The molecule has 1 amide bonds. The molecule has 0 aromatic heterocycles. The number of nitrogens with zero attached hydrogens (tertiary/aromatic N) is 1. The number of aromatic carboxylic acids is 1. The molecule has 20 heavy (non-hydrogen) atoms. The van der Waals surface area contributed by atoms with Crippen LogP contribution in [0.4, 0.5) is 5.69 Å². The predicted octanol–water partition coefficient (Wildman–Crippen LogP) is 0.887. The van der Waals surface area contributed by atoms with Crippen molar-refractivity contribution in [2.45, 2.75) is 12.8 Å². The quantitative estimate of drug-likeness (QED) is 0.631. The van der Waals surface area contributed by atoms with Crippen LogP contribution >= 0.6 is 0 Å². The molecule has 2 rings (SSSR count). The van der Waals surface area contributed by atoms with Crippen LogP contribution in [0, 0.1) is 12.3 Å². The number of hydrogen-bond donors (Lipinski definition) is 2. The van der Waals surface area contributed by atoms with Crippen LogP contribution in [0.25, 0.3) is 0 Å². The maximum Gasteiger partial charge on any atom is 0.336 e. The van der Waals surface area contributed by atoms with Gasteiger partial charge in [0.2, 0.25) is 5.91 Å². The fraction of sp³-hybridized carbons (Fsp3) is 0.333. The minimum atomic E-state index is -0.957. The van der Waals surface area contributed by atoms with Gasteiger partial charge in [0.1, 0.15) is 0 Å². The molecule has 0 bridgehead atoms. The Morgan fingerprint density at radius 1 is 1.45 bits per heavy atom. The SMILES string of the molecule is C#CCNCC(=O)N1CCCc2c(C(=O)O)cccc21. The lowest BCUT2D eigenvalue weighted by Crippen LogP contribution is -2.41. The summed E-state index contributed by atoms with van der Waals surface area (Å²) < 4.78 is 0. The fourth-order valence-electron chi connectivity index (χ4n) is 2.42. The van der Waals surface area contributed by atoms with E-state index in [0.29, 0.717) is 25.2 Å². The largest absolute Gasteiger partial charge is 0.478 e. The zero-order chi connectivity index (χ0) is 14.5. The van der Waals surface area contributed by atoms with Crippen molar-refractivity contribution in [2.24, 2.45) is 0 Å². The molecule has 0 radical (unpaired) electrons. The number of hydrogen-bond acceptors (Lipinski definition) is 3. The topological polar surface area (TPSA) is 69.6 Å². The molecule has 0 unspecified atom stereocenters. The molecule has 0 saturated carbocycles. The Kier molecular flexibility index (Phi) is 4.38. The molecular weight excluding hydrogens is 256 g/mol. The van der Waals surface area contributed by atoms with Gasteiger partial charge in [-0.25, -0.2) is 4.79 Å². The molecule has 0 saturated heterocycles. The zero-order valence-corrected chi connectivity index (χ0v) is 11.1. The molecule has 0 spiro atoms. The van der Waals surface area contributed by atoms with Crippen LogP contribution in [0.1, 0.15) is 22.3 Å². The highest BCUT2D eigenvalue weighted by Crippen LogP contribution is 2.29. The van der Waals surface area contributed by atoms with E-state index in [9.17, 15) is 14.7 Å². The average molecular weight is 272 g/mol. The van der Waals surface area contributed by atoms with Crippen molar-refractivity contribution in [3.05, 3.63) is 29.3 Å². The number of amides is 1. The van der Waals surface area contributed by atoms with Gasteiger partial charge in [-0.15, -0.1) is 6.42 Å². The predicted molar refractivity (Wildman–Crippen MR) is 75.8 cm³/mol. The Hall–Kier alpha value is -2.32. The Morgan fingerprint density at radius 3 is 2.95 bits per heavy atom. The van der Waals surface area contributed by atoms with E-state index in [4.69, 9.17) is 6.42 Å². The van der Waals surface area contributed by atoms with Crippen molar-refractivity contribution >= 4 is 17.6 Å². The number of anilines is 1. The molecule has 5 nitrogen and oxygen atoms in total. The van der Waals surface area contributed by atoms with Gasteiger partial charge in [0, 0.05) is 12.2 Å². The van der Waals surface area contributed by atoms with Crippen LogP contribution < -0.4 is 10.2 Å². The number of terminal acetylenes is 1. The second kappa shape index (κ2) is 6.22. The molecule has 5 heteroatoms. The highest BCUT2D eigenvalue weighted by Gasteiger charge is 2.25. The maximum atomic E-state index is 12.2. The highest BCUT2D eigenvalue weighted by molar-refractivity contribution is 5.99. The van der Waals surface area contributed by atoms with E-state index in [-0.39, 0.29) is 18.0 Å². The number of carboxylic acid groups (broad SMARTS) is 1. The summed E-state index contributed by atoms with van der Waals surface area (Å²) >= 11 is 0. The first kappa shape index (κ1) is 14.1. The van der Waals surface area contributed by atoms with Crippen molar-refractivity contribution < 1.29 is 14.7 Å². The molecule has 1 aliphatic rings. The Balaban J connectivity index is 2.25. The molecule has 0 atom stereocenters. The van der Waals surface area contributed by atoms with Crippen molar-refractivity contribution in [3.63, 3.8) is 0 Å². The molecule has 1 aliphatic heterocycles. The van der Waals surface area contributed by atoms with E-state index in [1.165, 1.54) is 0 Å². The fourth-order valence-corrected chi connectivity index (χ4v) is 2.42. The number of benzene rings is 1. The van der Waals surface area contributed by atoms with Gasteiger partial charge in [0.25, 0.3) is 0 Å². The minimum absolute atomic E-state index is 0.0938. The lowest BCUT2D eigenvalue weighted by atomic mass is 9.96. The van der Waals surface area contributed by atoms with Gasteiger partial charge in [-0.05, 0) is 30.5 Å². The molecule has 0 fully saturated rings. The van der Waals surface area contributed by atoms with Crippen molar-refractivity contribution in [1.82, 2.24) is 5.32 Å². The molecule has 1 aromatic rings. The summed E-state index contributed by atoms with van der Waals surface area (Å²) in [5.74, 6) is 1.36. The Bertz CT molecular complexity index is 575. The first-order chi connectivity index (χ1) is 9.65. The van der Waals surface area contributed by atoms with Crippen molar-refractivity contribution in [3.8, 4) is 12.3 Å². The van der Waals surface area contributed by atoms with Gasteiger partial charge >= 0.3 is 5.97 Å². The van der Waals surface area contributed by atoms with Gasteiger partial charge in [-0.3, -0.25) is 10.1 Å². The van der Waals surface area contributed by atoms with Gasteiger partial charge in [0.05, 0.1) is 18.7 Å². The van der Waals surface area contributed by atoms with Crippen LogP contribution in [0.5, 0.6) is 0 Å². The lowest BCUT2D eigenvalue weighted by molar-refractivity contribution is -0.117. The smallest absolute Gasteiger partial charge is 0.336 e. The van der Waals surface area contributed by atoms with Gasteiger partial charge in [0.15, 0.2) is 0 Å². The second-order valence-corrected chi connectivity index (χ2v) is 4.57. The summed E-state index contributed by atoms with van der Waals surface area (Å²) in [5, 5.41) is 12.1. The van der Waals surface area contributed by atoms with Gasteiger partial charge in [-0.1, -0.05) is 12.0 Å². The van der Waals surface area contributed by atoms with Crippen LogP contribution in [-0.4, -0.2) is 36.6 Å². The standard InChI is InChI=1S/C15H16N2O3/c1-2-8-16-10-14(18)17-9-4-6-11-12(15(19)20)5-3-7-13(11)17/h1,3,5,7,16H,4,6,8-10H2,(H,19,20). The van der Waals surface area contributed by atoms with E-state index in [0.717, 1.165) is 12.0 Å². The number of carbonyl (C=O) groups excluding carboxylic acids is 1. The molecule has 104 valence electrons. The van der Waals surface area contributed by atoms with E-state index in [1.54, 1.807) is 23.1 Å². The highest BCUT2D eigenvalue weighted by atomic mass is 16.4. The molecule has 1 aromatic carbocycles. The Morgan fingerprint density at radius 2 is 2.25 bits per heavy atom. The first-order valence-electron chi connectivity index (χ1n) is 6.45. The van der Waals surface area contributed by atoms with Crippen LogP contribution in [0.3, 0.4) is 0 Å². The third-order valence-corrected chi connectivity index (χ3v) is 3.29. The van der Waals surface area contributed by atoms with Crippen LogP contribution in [-0.2, 0) is 11.2 Å². The van der Waals surface area contributed by atoms with Crippen molar-refractivity contribution in [1.29, 1.82) is 0 Å². The summed E-state index contributed by atoms with van der Waals surface area (Å²) in [5.41, 5.74) is 1.71. The van der Waals surface area contributed by atoms with E-state index in [1.807, 2.05) is 0 Å².